The third-order valence-corrected chi connectivity index (χ3v) is 3.55. The van der Waals surface area contributed by atoms with Crippen molar-refractivity contribution in [3.63, 3.8) is 0 Å². The summed E-state index contributed by atoms with van der Waals surface area (Å²) in [4.78, 5) is 15.6. The van der Waals surface area contributed by atoms with E-state index in [0.29, 0.717) is 5.02 Å². The van der Waals surface area contributed by atoms with E-state index in [1.54, 1.807) is 6.07 Å². The Hall–Kier alpha value is -1.99. The van der Waals surface area contributed by atoms with E-state index in [1.165, 1.54) is 18.2 Å². The molecular formula is C15H12Cl2F3N3O. The molecule has 1 amide bonds. The predicted octanol–water partition coefficient (Wildman–Crippen LogP) is 4.25. The summed E-state index contributed by atoms with van der Waals surface area (Å²) in [6.07, 6.45) is -3.68. The van der Waals surface area contributed by atoms with Gasteiger partial charge in [0.25, 0.3) is 5.91 Å². The van der Waals surface area contributed by atoms with Gasteiger partial charge in [0.2, 0.25) is 0 Å². The average Bonchev–Trinajstić information content (AvgIpc) is 2.53. The highest BCUT2D eigenvalue weighted by Gasteiger charge is 2.30. The number of carbonyl (C=O) groups excluding carboxylic acids is 1. The minimum atomic E-state index is -4.42. The molecule has 4 nitrogen and oxygen atoms in total. The van der Waals surface area contributed by atoms with Crippen molar-refractivity contribution in [2.45, 2.75) is 6.18 Å². The fraction of sp³-hybridized carbons (Fsp3) is 0.200. The third-order valence-electron chi connectivity index (χ3n) is 2.98. The molecular weight excluding hydrogens is 366 g/mol. The molecule has 0 radical (unpaired) electrons. The Balaban J connectivity index is 1.82. The van der Waals surface area contributed by atoms with Crippen molar-refractivity contribution < 1.29 is 18.0 Å². The van der Waals surface area contributed by atoms with Crippen molar-refractivity contribution >= 4 is 34.9 Å². The van der Waals surface area contributed by atoms with Crippen LogP contribution in [0.2, 0.25) is 10.0 Å². The fourth-order valence-electron chi connectivity index (χ4n) is 1.80. The fourth-order valence-corrected chi connectivity index (χ4v) is 2.17. The maximum absolute atomic E-state index is 12.4. The number of alkyl halides is 3. The Kier molecular flexibility index (Phi) is 5.90. The summed E-state index contributed by atoms with van der Waals surface area (Å²) in [7, 11) is 0. The van der Waals surface area contributed by atoms with E-state index in [2.05, 4.69) is 15.6 Å². The normalized spacial score (nSPS) is 11.2. The van der Waals surface area contributed by atoms with Gasteiger partial charge in [0, 0.05) is 24.3 Å². The van der Waals surface area contributed by atoms with Gasteiger partial charge < -0.3 is 10.6 Å². The highest BCUT2D eigenvalue weighted by Crippen LogP contribution is 2.28. The first-order chi connectivity index (χ1) is 11.3. The second kappa shape index (κ2) is 7.72. The predicted molar refractivity (Wildman–Crippen MR) is 86.5 cm³/mol. The second-order valence-corrected chi connectivity index (χ2v) is 5.58. The van der Waals surface area contributed by atoms with Gasteiger partial charge in [0.05, 0.1) is 16.1 Å². The van der Waals surface area contributed by atoms with Crippen molar-refractivity contribution in [1.82, 2.24) is 10.3 Å². The van der Waals surface area contributed by atoms with Gasteiger partial charge in [0.15, 0.2) is 0 Å². The first kappa shape index (κ1) is 18.4. The molecule has 0 aliphatic rings. The number of benzene rings is 1. The molecule has 0 saturated heterocycles. The molecule has 2 rings (SSSR count). The molecule has 24 heavy (non-hydrogen) atoms. The van der Waals surface area contributed by atoms with Gasteiger partial charge in [-0.1, -0.05) is 23.2 Å². The minimum absolute atomic E-state index is 0.227. The van der Waals surface area contributed by atoms with Crippen molar-refractivity contribution in [3.05, 3.63) is 57.7 Å². The number of aromatic nitrogens is 1. The van der Waals surface area contributed by atoms with Gasteiger partial charge in [-0.05, 0) is 30.3 Å². The zero-order valence-electron chi connectivity index (χ0n) is 12.1. The van der Waals surface area contributed by atoms with E-state index in [1.807, 2.05) is 0 Å². The number of nitrogens with zero attached hydrogens (tertiary/aromatic N) is 1. The molecule has 0 aliphatic carbocycles. The lowest BCUT2D eigenvalue weighted by atomic mass is 10.2. The number of amides is 1. The van der Waals surface area contributed by atoms with Gasteiger partial charge in [-0.25, -0.2) is 4.98 Å². The summed E-state index contributed by atoms with van der Waals surface area (Å²) in [5.74, 6) is -0.122. The van der Waals surface area contributed by atoms with Crippen LogP contribution in [0.15, 0.2) is 36.5 Å². The zero-order chi connectivity index (χ0) is 17.7. The summed E-state index contributed by atoms with van der Waals surface area (Å²) in [5, 5.41) is 6.08. The van der Waals surface area contributed by atoms with E-state index < -0.39 is 17.6 Å². The highest BCUT2D eigenvalue weighted by atomic mass is 35.5. The molecule has 128 valence electrons. The van der Waals surface area contributed by atoms with E-state index in [0.717, 1.165) is 12.3 Å². The van der Waals surface area contributed by atoms with Crippen LogP contribution in [0.25, 0.3) is 0 Å². The van der Waals surface area contributed by atoms with Crippen LogP contribution in [0.1, 0.15) is 15.9 Å². The van der Waals surface area contributed by atoms with Crippen LogP contribution in [0, 0.1) is 0 Å². The molecule has 0 unspecified atom stereocenters. The molecule has 0 saturated carbocycles. The van der Waals surface area contributed by atoms with E-state index in [-0.39, 0.29) is 29.5 Å². The Bertz CT molecular complexity index is 721. The Morgan fingerprint density at radius 1 is 1.12 bits per heavy atom. The standard InChI is InChI=1S/C15H12Cl2F3N3O/c16-10-2-3-12(17)11(7-10)14(24)22-6-5-21-13-4-1-9(8-23-13)15(18,19)20/h1-4,7-8H,5-6H2,(H,21,23)(H,22,24). The third kappa shape index (κ3) is 5.01. The second-order valence-electron chi connectivity index (χ2n) is 4.74. The number of halogens is 5. The molecule has 0 atom stereocenters. The molecule has 2 aromatic rings. The zero-order valence-corrected chi connectivity index (χ0v) is 13.6. The first-order valence-corrected chi connectivity index (χ1v) is 7.53. The summed E-state index contributed by atoms with van der Waals surface area (Å²) >= 11 is 11.7. The van der Waals surface area contributed by atoms with Gasteiger partial charge in [-0.2, -0.15) is 13.2 Å². The monoisotopic (exact) mass is 377 g/mol. The van der Waals surface area contributed by atoms with Crippen molar-refractivity contribution in [2.75, 3.05) is 18.4 Å². The van der Waals surface area contributed by atoms with E-state index in [4.69, 9.17) is 23.2 Å². The smallest absolute Gasteiger partial charge is 0.368 e. The molecule has 1 aromatic carbocycles. The molecule has 9 heteroatoms. The number of hydrogen-bond donors (Lipinski definition) is 2. The summed E-state index contributed by atoms with van der Waals surface area (Å²) in [5.41, 5.74) is -0.575. The van der Waals surface area contributed by atoms with Crippen LogP contribution in [0.4, 0.5) is 19.0 Å². The van der Waals surface area contributed by atoms with Gasteiger partial charge in [0.1, 0.15) is 5.82 Å². The number of anilines is 1. The Morgan fingerprint density at radius 3 is 2.50 bits per heavy atom. The number of carbonyl (C=O) groups is 1. The molecule has 1 aromatic heterocycles. The van der Waals surface area contributed by atoms with Crippen LogP contribution in [-0.4, -0.2) is 24.0 Å². The summed E-state index contributed by atoms with van der Waals surface area (Å²) in [6.45, 7) is 0.507. The lowest BCUT2D eigenvalue weighted by Crippen LogP contribution is -2.29. The van der Waals surface area contributed by atoms with Crippen LogP contribution in [0.5, 0.6) is 0 Å². The molecule has 0 bridgehead atoms. The minimum Gasteiger partial charge on any atom is -0.368 e. The first-order valence-electron chi connectivity index (χ1n) is 6.78. The van der Waals surface area contributed by atoms with Crippen LogP contribution >= 0.6 is 23.2 Å². The topological polar surface area (TPSA) is 54.0 Å². The molecule has 2 N–H and O–H groups in total. The number of rotatable bonds is 5. The lowest BCUT2D eigenvalue weighted by molar-refractivity contribution is -0.137. The number of nitrogens with one attached hydrogen (secondary N) is 2. The molecule has 0 spiro atoms. The number of pyridine rings is 1. The molecule has 0 fully saturated rings. The van der Waals surface area contributed by atoms with Crippen LogP contribution in [-0.2, 0) is 6.18 Å². The lowest BCUT2D eigenvalue weighted by Gasteiger charge is -2.10. The number of hydrogen-bond acceptors (Lipinski definition) is 3. The maximum Gasteiger partial charge on any atom is 0.417 e. The van der Waals surface area contributed by atoms with E-state index in [9.17, 15) is 18.0 Å². The van der Waals surface area contributed by atoms with Gasteiger partial charge in [-0.15, -0.1) is 0 Å². The summed E-state index contributed by atoms with van der Waals surface area (Å²) in [6, 6.07) is 6.68. The Labute approximate surface area is 146 Å². The maximum atomic E-state index is 12.4. The SMILES string of the molecule is O=C(NCCNc1ccc(C(F)(F)F)cn1)c1cc(Cl)ccc1Cl. The van der Waals surface area contributed by atoms with Gasteiger partial charge in [-0.3, -0.25) is 4.79 Å². The molecule has 1 heterocycles. The highest BCUT2D eigenvalue weighted by molar-refractivity contribution is 6.35. The summed E-state index contributed by atoms with van der Waals surface area (Å²) < 4.78 is 37.2. The van der Waals surface area contributed by atoms with E-state index >= 15 is 0 Å². The van der Waals surface area contributed by atoms with Crippen molar-refractivity contribution in [3.8, 4) is 0 Å². The average molecular weight is 378 g/mol. The Morgan fingerprint density at radius 2 is 1.88 bits per heavy atom. The van der Waals surface area contributed by atoms with Crippen molar-refractivity contribution in [2.24, 2.45) is 0 Å². The van der Waals surface area contributed by atoms with Crippen LogP contribution < -0.4 is 10.6 Å². The molecule has 0 aliphatic heterocycles. The largest absolute Gasteiger partial charge is 0.417 e. The van der Waals surface area contributed by atoms with Crippen molar-refractivity contribution in [1.29, 1.82) is 0 Å². The van der Waals surface area contributed by atoms with Crippen LogP contribution in [0.3, 0.4) is 0 Å². The van der Waals surface area contributed by atoms with Gasteiger partial charge >= 0.3 is 6.18 Å². The quantitative estimate of drug-likeness (QED) is 0.765.